The van der Waals surface area contributed by atoms with Crippen LogP contribution in [0.25, 0.3) is 0 Å². The average molecular weight is 331 g/mol. The zero-order valence-corrected chi connectivity index (χ0v) is 12.4. The molecule has 0 saturated carbocycles. The van der Waals surface area contributed by atoms with Crippen molar-refractivity contribution in [1.82, 2.24) is 4.90 Å². The van der Waals surface area contributed by atoms with Crippen LogP contribution in [0.3, 0.4) is 0 Å². The summed E-state index contributed by atoms with van der Waals surface area (Å²) in [5.41, 5.74) is -2.78. The molecule has 1 amide bonds. The zero-order chi connectivity index (χ0) is 17.3. The van der Waals surface area contributed by atoms with Crippen LogP contribution < -0.4 is 0 Å². The van der Waals surface area contributed by atoms with Crippen LogP contribution >= 0.6 is 0 Å². The highest BCUT2D eigenvalue weighted by atomic mass is 19.4. The highest BCUT2D eigenvalue weighted by Gasteiger charge is 2.47. The molecular weight excluding hydrogens is 315 g/mol. The van der Waals surface area contributed by atoms with E-state index in [1.54, 1.807) is 0 Å². The number of methoxy groups -OCH3 is 1. The Morgan fingerprint density at radius 2 is 2.00 bits per heavy atom. The van der Waals surface area contributed by atoms with E-state index in [1.807, 2.05) is 0 Å². The molecule has 1 aromatic rings. The maximum atomic E-state index is 13.0. The first-order valence-electron chi connectivity index (χ1n) is 6.89. The molecule has 1 aliphatic heterocycles. The first-order valence-corrected chi connectivity index (χ1v) is 6.89. The lowest BCUT2D eigenvalue weighted by molar-refractivity contribution is -0.151. The van der Waals surface area contributed by atoms with Crippen LogP contribution in [0.4, 0.5) is 13.2 Å². The van der Waals surface area contributed by atoms with Crippen molar-refractivity contribution >= 4 is 11.9 Å². The fraction of sp³-hybridized carbons (Fsp3) is 0.467. The van der Waals surface area contributed by atoms with Gasteiger partial charge in [0.1, 0.15) is 5.41 Å². The molecule has 2 rings (SSSR count). The van der Waals surface area contributed by atoms with E-state index >= 15 is 0 Å². The zero-order valence-electron chi connectivity index (χ0n) is 12.4. The largest absolute Gasteiger partial charge is 0.481 e. The highest BCUT2D eigenvalue weighted by molar-refractivity contribution is 5.96. The Balaban J connectivity index is 2.28. The second-order valence-electron chi connectivity index (χ2n) is 5.54. The second-order valence-corrected chi connectivity index (χ2v) is 5.54. The third-order valence-electron chi connectivity index (χ3n) is 3.98. The van der Waals surface area contributed by atoms with E-state index < -0.39 is 34.6 Å². The predicted octanol–water partition coefficient (Wildman–Crippen LogP) is 2.27. The number of benzene rings is 1. The molecule has 1 aliphatic rings. The number of alkyl halides is 3. The summed E-state index contributed by atoms with van der Waals surface area (Å²) in [4.78, 5) is 25.0. The molecule has 126 valence electrons. The summed E-state index contributed by atoms with van der Waals surface area (Å²) in [6.45, 7) is -0.213. The summed E-state index contributed by atoms with van der Waals surface area (Å²) >= 11 is 0. The number of halogens is 3. The number of ether oxygens (including phenoxy) is 1. The van der Waals surface area contributed by atoms with Gasteiger partial charge in [-0.2, -0.15) is 13.2 Å². The maximum absolute atomic E-state index is 13.0. The van der Waals surface area contributed by atoms with Crippen LogP contribution in [0.1, 0.15) is 22.3 Å². The maximum Gasteiger partial charge on any atom is 0.417 e. The number of carbonyl (C=O) groups is 2. The number of nitrogens with zero attached hydrogens (tertiary/aromatic N) is 1. The van der Waals surface area contributed by atoms with Crippen molar-refractivity contribution in [2.24, 2.45) is 5.41 Å². The van der Waals surface area contributed by atoms with Gasteiger partial charge in [0.2, 0.25) is 0 Å². The van der Waals surface area contributed by atoms with E-state index in [4.69, 9.17) is 4.74 Å². The molecule has 1 unspecified atom stereocenters. The Bertz CT molecular complexity index is 617. The quantitative estimate of drug-likeness (QED) is 0.919. The molecule has 0 bridgehead atoms. The molecule has 23 heavy (non-hydrogen) atoms. The molecule has 1 atom stereocenters. The van der Waals surface area contributed by atoms with Gasteiger partial charge in [-0.15, -0.1) is 0 Å². The molecule has 1 heterocycles. The molecule has 0 spiro atoms. The Labute approximate surface area is 130 Å². The van der Waals surface area contributed by atoms with Crippen molar-refractivity contribution < 1.29 is 32.6 Å². The van der Waals surface area contributed by atoms with Crippen LogP contribution in [0.2, 0.25) is 0 Å². The van der Waals surface area contributed by atoms with Gasteiger partial charge in [-0.05, 0) is 18.6 Å². The predicted molar refractivity (Wildman–Crippen MR) is 73.9 cm³/mol. The van der Waals surface area contributed by atoms with E-state index in [9.17, 15) is 27.9 Å². The normalized spacial score (nSPS) is 21.5. The number of aliphatic carboxylic acids is 1. The van der Waals surface area contributed by atoms with Crippen molar-refractivity contribution in [3.63, 3.8) is 0 Å². The lowest BCUT2D eigenvalue weighted by atomic mass is 9.88. The number of hydrogen-bond acceptors (Lipinski definition) is 3. The van der Waals surface area contributed by atoms with Gasteiger partial charge >= 0.3 is 12.1 Å². The van der Waals surface area contributed by atoms with Gasteiger partial charge in [0.05, 0.1) is 17.7 Å². The lowest BCUT2D eigenvalue weighted by Crippen LogP contribution is -2.40. The van der Waals surface area contributed by atoms with Crippen LogP contribution in [0.5, 0.6) is 0 Å². The third-order valence-corrected chi connectivity index (χ3v) is 3.98. The highest BCUT2D eigenvalue weighted by Crippen LogP contribution is 2.35. The van der Waals surface area contributed by atoms with E-state index in [2.05, 4.69) is 0 Å². The molecular formula is C15H16F3NO4. The first-order chi connectivity index (χ1) is 10.7. The number of amides is 1. The minimum atomic E-state index is -4.65. The van der Waals surface area contributed by atoms with Crippen molar-refractivity contribution in [3.05, 3.63) is 35.4 Å². The van der Waals surface area contributed by atoms with E-state index in [0.717, 1.165) is 17.0 Å². The molecule has 1 fully saturated rings. The lowest BCUT2D eigenvalue weighted by Gasteiger charge is -2.24. The Morgan fingerprint density at radius 3 is 2.57 bits per heavy atom. The second kappa shape index (κ2) is 6.19. The van der Waals surface area contributed by atoms with Crippen molar-refractivity contribution in [3.8, 4) is 0 Å². The number of carboxylic acid groups (broad SMARTS) is 1. The molecule has 8 heteroatoms. The minimum Gasteiger partial charge on any atom is -0.481 e. The molecule has 5 nitrogen and oxygen atoms in total. The van der Waals surface area contributed by atoms with Gasteiger partial charge in [-0.3, -0.25) is 9.59 Å². The van der Waals surface area contributed by atoms with Gasteiger partial charge in [0.15, 0.2) is 0 Å². The molecule has 1 aromatic carbocycles. The number of carbonyl (C=O) groups excluding carboxylic acids is 1. The van der Waals surface area contributed by atoms with Gasteiger partial charge in [-0.25, -0.2) is 0 Å². The van der Waals surface area contributed by atoms with E-state index in [0.29, 0.717) is 0 Å². The smallest absolute Gasteiger partial charge is 0.417 e. The average Bonchev–Trinajstić information content (AvgIpc) is 2.92. The minimum absolute atomic E-state index is 0.0701. The van der Waals surface area contributed by atoms with Crippen LogP contribution in [0.15, 0.2) is 24.3 Å². The summed E-state index contributed by atoms with van der Waals surface area (Å²) in [5.74, 6) is -1.95. The summed E-state index contributed by atoms with van der Waals surface area (Å²) in [7, 11) is 1.34. The Morgan fingerprint density at radius 1 is 1.35 bits per heavy atom. The monoisotopic (exact) mass is 331 g/mol. The van der Waals surface area contributed by atoms with Crippen LogP contribution in [0, 0.1) is 5.41 Å². The Hall–Kier alpha value is -2.09. The van der Waals surface area contributed by atoms with Crippen LogP contribution in [-0.2, 0) is 15.7 Å². The fourth-order valence-corrected chi connectivity index (χ4v) is 2.76. The van der Waals surface area contributed by atoms with Crippen LogP contribution in [-0.4, -0.2) is 48.7 Å². The number of likely N-dealkylation sites (tertiary alicyclic amines) is 1. The number of carboxylic acids is 1. The number of hydrogen-bond donors (Lipinski definition) is 1. The standard InChI is InChI=1S/C15H16F3NO4/c1-23-9-14(13(21)22)6-7-19(8-14)12(20)10-4-2-3-5-11(10)15(16,17)18/h2-5H,6-9H2,1H3,(H,21,22). The molecule has 0 aromatic heterocycles. The number of rotatable bonds is 4. The SMILES string of the molecule is COCC1(C(=O)O)CCN(C(=O)c2ccccc2C(F)(F)F)C1. The van der Waals surface area contributed by atoms with E-state index in [1.165, 1.54) is 19.2 Å². The summed E-state index contributed by atoms with van der Waals surface area (Å²) < 4.78 is 43.9. The van der Waals surface area contributed by atoms with Crippen molar-refractivity contribution in [2.75, 3.05) is 26.8 Å². The molecule has 1 N–H and O–H groups in total. The van der Waals surface area contributed by atoms with Gasteiger partial charge in [0, 0.05) is 20.2 Å². The van der Waals surface area contributed by atoms with Crippen molar-refractivity contribution in [1.29, 1.82) is 0 Å². The molecule has 0 aliphatic carbocycles. The van der Waals surface area contributed by atoms with E-state index in [-0.39, 0.29) is 26.1 Å². The molecule has 1 saturated heterocycles. The van der Waals surface area contributed by atoms with Gasteiger partial charge in [-0.1, -0.05) is 12.1 Å². The van der Waals surface area contributed by atoms with Crippen molar-refractivity contribution in [2.45, 2.75) is 12.6 Å². The summed E-state index contributed by atoms with van der Waals surface area (Å²) in [6, 6.07) is 4.49. The molecule has 0 radical (unpaired) electrons. The third kappa shape index (κ3) is 3.31. The Kier molecular flexibility index (Phi) is 4.65. The van der Waals surface area contributed by atoms with Gasteiger partial charge < -0.3 is 14.7 Å². The summed E-state index contributed by atoms with van der Waals surface area (Å²) in [5, 5.41) is 9.35. The summed E-state index contributed by atoms with van der Waals surface area (Å²) in [6.07, 6.45) is -4.52. The fourth-order valence-electron chi connectivity index (χ4n) is 2.76. The topological polar surface area (TPSA) is 66.8 Å². The van der Waals surface area contributed by atoms with Gasteiger partial charge in [0.25, 0.3) is 5.91 Å². The first kappa shape index (κ1) is 17.3.